The van der Waals surface area contributed by atoms with E-state index in [0.717, 1.165) is 30.2 Å². The van der Waals surface area contributed by atoms with Gasteiger partial charge in [-0.15, -0.1) is 0 Å². The Morgan fingerprint density at radius 1 is 1.38 bits per heavy atom. The molecule has 0 amide bonds. The van der Waals surface area contributed by atoms with E-state index < -0.39 is 11.4 Å². The smallest absolute Gasteiger partial charge is 0.311 e. The van der Waals surface area contributed by atoms with Crippen LogP contribution in [-0.2, 0) is 16.1 Å². The van der Waals surface area contributed by atoms with Crippen LogP contribution in [0.15, 0.2) is 30.3 Å². The second-order valence-electron chi connectivity index (χ2n) is 7.66. The van der Waals surface area contributed by atoms with Crippen LogP contribution in [0.4, 0.5) is 0 Å². The molecule has 2 saturated heterocycles. The maximum Gasteiger partial charge on any atom is 0.311 e. The van der Waals surface area contributed by atoms with Crippen molar-refractivity contribution in [3.63, 3.8) is 0 Å². The monoisotopic (exact) mass is 355 g/mol. The molecule has 0 spiro atoms. The van der Waals surface area contributed by atoms with Gasteiger partial charge in [0.1, 0.15) is 0 Å². The number of aryl methyl sites for hydroxylation is 2. The summed E-state index contributed by atoms with van der Waals surface area (Å²) in [5, 5.41) is 14.4. The summed E-state index contributed by atoms with van der Waals surface area (Å²) in [6, 6.07) is 10.4. The van der Waals surface area contributed by atoms with Gasteiger partial charge in [0.05, 0.1) is 23.4 Å². The first-order valence-electron chi connectivity index (χ1n) is 9.14. The highest BCUT2D eigenvalue weighted by atomic mass is 16.5. The standard InChI is InChI=1S/C20H25N3O3/c1-14-8-15(2)23(21-14)18-5-3-4-16(9-18)10-22-11-17-12-26-7-6-20(17,13-22)19(24)25/h3-5,8-9,17H,6-7,10-13H2,1-2H3,(H,24,25)/t17-,20+/m1/s1. The zero-order valence-electron chi connectivity index (χ0n) is 15.3. The van der Waals surface area contributed by atoms with E-state index in [2.05, 4.69) is 41.2 Å². The van der Waals surface area contributed by atoms with E-state index in [-0.39, 0.29) is 5.92 Å². The predicted molar refractivity (Wildman–Crippen MR) is 97.3 cm³/mol. The Morgan fingerprint density at radius 3 is 2.92 bits per heavy atom. The summed E-state index contributed by atoms with van der Waals surface area (Å²) in [6.07, 6.45) is 0.606. The first-order valence-corrected chi connectivity index (χ1v) is 9.14. The number of benzene rings is 1. The lowest BCUT2D eigenvalue weighted by Gasteiger charge is -2.34. The summed E-state index contributed by atoms with van der Waals surface area (Å²) in [4.78, 5) is 14.2. The quantitative estimate of drug-likeness (QED) is 0.912. The number of rotatable bonds is 4. The lowest BCUT2D eigenvalue weighted by molar-refractivity contribution is -0.157. The Balaban J connectivity index is 1.54. The number of ether oxygens (including phenoxy) is 1. The molecule has 26 heavy (non-hydrogen) atoms. The Morgan fingerprint density at radius 2 is 2.23 bits per heavy atom. The number of carbonyl (C=O) groups is 1. The van der Waals surface area contributed by atoms with Crippen LogP contribution in [0.5, 0.6) is 0 Å². The summed E-state index contributed by atoms with van der Waals surface area (Å²) >= 11 is 0. The van der Waals surface area contributed by atoms with Crippen molar-refractivity contribution < 1.29 is 14.6 Å². The van der Waals surface area contributed by atoms with Gasteiger partial charge in [0.2, 0.25) is 0 Å². The van der Waals surface area contributed by atoms with Crippen molar-refractivity contribution in [1.82, 2.24) is 14.7 Å². The van der Waals surface area contributed by atoms with Crippen LogP contribution in [-0.4, -0.2) is 52.1 Å². The van der Waals surface area contributed by atoms with Gasteiger partial charge < -0.3 is 9.84 Å². The molecule has 1 aromatic carbocycles. The van der Waals surface area contributed by atoms with Crippen LogP contribution in [0.2, 0.25) is 0 Å². The number of hydrogen-bond acceptors (Lipinski definition) is 4. The Kier molecular flexibility index (Phi) is 4.32. The molecule has 0 unspecified atom stereocenters. The van der Waals surface area contributed by atoms with Crippen molar-refractivity contribution in [3.8, 4) is 5.69 Å². The zero-order valence-corrected chi connectivity index (χ0v) is 15.3. The van der Waals surface area contributed by atoms with Crippen molar-refractivity contribution >= 4 is 5.97 Å². The number of fused-ring (bicyclic) bond motifs is 1. The maximum atomic E-state index is 11.9. The second-order valence-corrected chi connectivity index (χ2v) is 7.66. The van der Waals surface area contributed by atoms with Gasteiger partial charge in [-0.05, 0) is 44.0 Å². The van der Waals surface area contributed by atoms with E-state index in [1.807, 2.05) is 17.7 Å². The van der Waals surface area contributed by atoms with Crippen molar-refractivity contribution in [2.75, 3.05) is 26.3 Å². The Bertz CT molecular complexity index is 831. The van der Waals surface area contributed by atoms with Gasteiger partial charge in [0.15, 0.2) is 0 Å². The van der Waals surface area contributed by atoms with Crippen LogP contribution in [0.3, 0.4) is 0 Å². The zero-order chi connectivity index (χ0) is 18.3. The molecule has 2 fully saturated rings. The molecule has 0 aliphatic carbocycles. The van der Waals surface area contributed by atoms with Crippen molar-refractivity contribution in [1.29, 1.82) is 0 Å². The van der Waals surface area contributed by atoms with Gasteiger partial charge in [-0.1, -0.05) is 12.1 Å². The minimum Gasteiger partial charge on any atom is -0.481 e. The Labute approximate surface area is 153 Å². The summed E-state index contributed by atoms with van der Waals surface area (Å²) in [5.74, 6) is -0.599. The highest BCUT2D eigenvalue weighted by molar-refractivity contribution is 5.76. The molecule has 3 heterocycles. The fraction of sp³-hybridized carbons (Fsp3) is 0.500. The SMILES string of the molecule is Cc1cc(C)n(-c2cccc(CN3C[C@@H]4COCC[C@]4(C(=O)O)C3)c2)n1. The molecule has 0 saturated carbocycles. The normalized spacial score (nSPS) is 26.0. The third kappa shape index (κ3) is 2.93. The van der Waals surface area contributed by atoms with Gasteiger partial charge >= 0.3 is 5.97 Å². The maximum absolute atomic E-state index is 11.9. The molecule has 4 rings (SSSR count). The van der Waals surface area contributed by atoms with Gasteiger partial charge in [-0.3, -0.25) is 9.69 Å². The number of hydrogen-bond donors (Lipinski definition) is 1. The van der Waals surface area contributed by atoms with Crippen molar-refractivity contribution in [3.05, 3.63) is 47.3 Å². The summed E-state index contributed by atoms with van der Waals surface area (Å²) < 4.78 is 7.50. The van der Waals surface area contributed by atoms with E-state index in [9.17, 15) is 9.90 Å². The number of likely N-dealkylation sites (tertiary alicyclic amines) is 1. The molecule has 2 aromatic rings. The van der Waals surface area contributed by atoms with E-state index in [1.165, 1.54) is 5.56 Å². The second kappa shape index (κ2) is 6.52. The summed E-state index contributed by atoms with van der Waals surface area (Å²) in [6.45, 7) is 7.26. The van der Waals surface area contributed by atoms with Gasteiger partial charge in [-0.25, -0.2) is 4.68 Å². The van der Waals surface area contributed by atoms with Crippen molar-refractivity contribution in [2.45, 2.75) is 26.8 Å². The summed E-state index contributed by atoms with van der Waals surface area (Å²) in [5.41, 5.74) is 3.68. The number of aromatic nitrogens is 2. The lowest BCUT2D eigenvalue weighted by Crippen LogP contribution is -2.44. The van der Waals surface area contributed by atoms with E-state index >= 15 is 0 Å². The molecule has 2 aliphatic heterocycles. The van der Waals surface area contributed by atoms with Gasteiger partial charge in [-0.2, -0.15) is 5.10 Å². The Hall–Kier alpha value is -2.18. The van der Waals surface area contributed by atoms with E-state index in [1.54, 1.807) is 0 Å². The van der Waals surface area contributed by atoms with Crippen molar-refractivity contribution in [2.24, 2.45) is 11.3 Å². The molecule has 1 aromatic heterocycles. The number of aliphatic carboxylic acids is 1. The summed E-state index contributed by atoms with van der Waals surface area (Å²) in [7, 11) is 0. The molecule has 6 nitrogen and oxygen atoms in total. The van der Waals surface area contributed by atoms with E-state index in [0.29, 0.717) is 26.2 Å². The molecular formula is C20H25N3O3. The average molecular weight is 355 g/mol. The van der Waals surface area contributed by atoms with Gasteiger partial charge in [0, 0.05) is 37.9 Å². The molecule has 0 radical (unpaired) electrons. The van der Waals surface area contributed by atoms with Crippen LogP contribution in [0, 0.1) is 25.2 Å². The average Bonchev–Trinajstić information content (AvgIpc) is 3.15. The van der Waals surface area contributed by atoms with Crippen LogP contribution >= 0.6 is 0 Å². The lowest BCUT2D eigenvalue weighted by atomic mass is 9.74. The molecule has 2 atom stereocenters. The highest BCUT2D eigenvalue weighted by Gasteiger charge is 2.53. The third-order valence-electron chi connectivity index (χ3n) is 5.77. The van der Waals surface area contributed by atoms with Gasteiger partial charge in [0.25, 0.3) is 0 Å². The minimum absolute atomic E-state index is 0.0768. The van der Waals surface area contributed by atoms with Crippen LogP contribution in [0.1, 0.15) is 23.4 Å². The first-order chi connectivity index (χ1) is 12.5. The number of carboxylic acids is 1. The van der Waals surface area contributed by atoms with Crippen LogP contribution < -0.4 is 0 Å². The fourth-order valence-corrected chi connectivity index (χ4v) is 4.46. The highest BCUT2D eigenvalue weighted by Crippen LogP contribution is 2.42. The fourth-order valence-electron chi connectivity index (χ4n) is 4.46. The topological polar surface area (TPSA) is 67.6 Å². The molecule has 6 heteroatoms. The minimum atomic E-state index is -0.676. The van der Waals surface area contributed by atoms with E-state index in [4.69, 9.17) is 4.74 Å². The first kappa shape index (κ1) is 17.2. The molecule has 0 bridgehead atoms. The molecule has 138 valence electrons. The predicted octanol–water partition coefficient (Wildman–Crippen LogP) is 2.41. The number of carboxylic acid groups (broad SMARTS) is 1. The third-order valence-corrected chi connectivity index (χ3v) is 5.77. The largest absolute Gasteiger partial charge is 0.481 e. The molecule has 1 N–H and O–H groups in total. The number of nitrogens with zero attached hydrogens (tertiary/aromatic N) is 3. The van der Waals surface area contributed by atoms with Crippen LogP contribution in [0.25, 0.3) is 5.69 Å². The molecule has 2 aliphatic rings. The molecular weight excluding hydrogens is 330 g/mol.